The molecule has 0 bridgehead atoms. The summed E-state index contributed by atoms with van der Waals surface area (Å²) in [5, 5.41) is 16.6. The van der Waals surface area contributed by atoms with Crippen LogP contribution in [0.2, 0.25) is 0 Å². The number of ether oxygens (including phenoxy) is 3. The van der Waals surface area contributed by atoms with Crippen molar-refractivity contribution < 1.29 is 36.9 Å². The second kappa shape index (κ2) is 15.8. The van der Waals surface area contributed by atoms with Gasteiger partial charge < -0.3 is 34.9 Å². The molecule has 1 spiro atoms. The van der Waals surface area contributed by atoms with Crippen LogP contribution in [0.5, 0.6) is 5.75 Å². The van der Waals surface area contributed by atoms with Gasteiger partial charge in [0.2, 0.25) is 0 Å². The summed E-state index contributed by atoms with van der Waals surface area (Å²) in [7, 11) is 0. The number of rotatable bonds is 10. The highest BCUT2D eigenvalue weighted by atomic mass is 32.1. The second-order valence-corrected chi connectivity index (χ2v) is 15.2. The maximum absolute atomic E-state index is 15.2. The van der Waals surface area contributed by atoms with Crippen molar-refractivity contribution in [2.75, 3.05) is 87.9 Å². The second-order valence-electron chi connectivity index (χ2n) is 14.2. The third-order valence-corrected chi connectivity index (χ3v) is 11.9. The lowest BCUT2D eigenvalue weighted by Crippen LogP contribution is -2.62. The highest BCUT2D eigenvalue weighted by Crippen LogP contribution is 2.44. The molecule has 3 aliphatic heterocycles. The predicted octanol–water partition coefficient (Wildman–Crippen LogP) is 6.65. The fourth-order valence-electron chi connectivity index (χ4n) is 8.03. The zero-order valence-corrected chi connectivity index (χ0v) is 29.6. The van der Waals surface area contributed by atoms with Gasteiger partial charge in [-0.25, -0.2) is 4.39 Å². The van der Waals surface area contributed by atoms with Crippen LogP contribution in [-0.2, 0) is 15.9 Å². The van der Waals surface area contributed by atoms with Gasteiger partial charge in [-0.1, -0.05) is 24.0 Å². The largest absolute Gasteiger partial charge is 0.489 e. The molecule has 3 N–H and O–H groups in total. The lowest BCUT2D eigenvalue weighted by atomic mass is 9.71. The fraction of sp³-hybridized carbons (Fsp3) is 0.579. The summed E-state index contributed by atoms with van der Waals surface area (Å²) in [6, 6.07) is 9.29. The normalized spacial score (nSPS) is 22.3. The first-order valence-electron chi connectivity index (χ1n) is 18.0. The van der Waals surface area contributed by atoms with Crippen LogP contribution in [0.4, 0.5) is 34.6 Å². The van der Waals surface area contributed by atoms with E-state index in [1.807, 2.05) is 17.0 Å². The van der Waals surface area contributed by atoms with Crippen molar-refractivity contribution in [1.82, 2.24) is 4.90 Å². The molecule has 3 saturated heterocycles. The average Bonchev–Trinajstić information content (AvgIpc) is 3.46. The molecule has 4 aliphatic rings. The van der Waals surface area contributed by atoms with Crippen molar-refractivity contribution in [3.05, 3.63) is 46.6 Å². The molecule has 2 aromatic carbocycles. The lowest BCUT2D eigenvalue weighted by molar-refractivity contribution is -0.126. The molecule has 276 valence electrons. The quantitative estimate of drug-likeness (QED) is 0.158. The van der Waals surface area contributed by atoms with Gasteiger partial charge in [-0.15, -0.1) is 11.3 Å². The maximum Gasteiger partial charge on any atom is 0.393 e. The standard InChI is InChI=1S/C38H46F4N4O4S/c39-30-21-32(34(50-20-15-47)22-33(30)45-13-18-49-19-14-45)43-12-2-5-35-29(23-38(40,41)42)28-3-1-4-31(36(28)51-35)44-26-6-8-27(9-7-26)46-24-37(25-46)10-16-48-17-11-37/h1,3-4,21-22,26-27,43-44,47H,6-20,23-25H2. The number of thiophene rings is 1. The van der Waals surface area contributed by atoms with Gasteiger partial charge in [-0.3, -0.25) is 4.90 Å². The zero-order chi connectivity index (χ0) is 35.4. The molecule has 4 fully saturated rings. The molecule has 51 heavy (non-hydrogen) atoms. The van der Waals surface area contributed by atoms with Gasteiger partial charge in [0, 0.05) is 69.0 Å². The number of nitrogens with one attached hydrogen (secondary N) is 2. The smallest absolute Gasteiger partial charge is 0.393 e. The molecule has 7 rings (SSSR count). The van der Waals surface area contributed by atoms with Crippen molar-refractivity contribution in [3.63, 3.8) is 0 Å². The fourth-order valence-corrected chi connectivity index (χ4v) is 9.20. The van der Waals surface area contributed by atoms with Gasteiger partial charge in [-0.05, 0) is 55.5 Å². The Morgan fingerprint density at radius 3 is 2.47 bits per heavy atom. The van der Waals surface area contributed by atoms with Crippen LogP contribution in [0.3, 0.4) is 0 Å². The highest BCUT2D eigenvalue weighted by molar-refractivity contribution is 7.20. The van der Waals surface area contributed by atoms with Crippen LogP contribution < -0.4 is 20.3 Å². The number of nitrogens with zero attached hydrogens (tertiary/aromatic N) is 2. The van der Waals surface area contributed by atoms with Crippen LogP contribution in [0.25, 0.3) is 10.1 Å². The molecular formula is C38H46F4N4O4S. The predicted molar refractivity (Wildman–Crippen MR) is 193 cm³/mol. The number of aliphatic hydroxyl groups excluding tert-OH is 1. The van der Waals surface area contributed by atoms with Gasteiger partial charge in [-0.2, -0.15) is 13.2 Å². The molecule has 0 unspecified atom stereocenters. The number of aliphatic hydroxyl groups is 1. The van der Waals surface area contributed by atoms with Gasteiger partial charge in [0.15, 0.2) is 0 Å². The number of morpholine rings is 1. The van der Waals surface area contributed by atoms with Crippen LogP contribution in [0, 0.1) is 23.1 Å². The first-order chi connectivity index (χ1) is 24.7. The molecule has 4 heterocycles. The molecule has 0 atom stereocenters. The Kier molecular flexibility index (Phi) is 11.2. The van der Waals surface area contributed by atoms with Gasteiger partial charge >= 0.3 is 6.18 Å². The third kappa shape index (κ3) is 8.52. The number of fused-ring (bicyclic) bond motifs is 1. The van der Waals surface area contributed by atoms with Gasteiger partial charge in [0.25, 0.3) is 0 Å². The van der Waals surface area contributed by atoms with Crippen LogP contribution in [-0.4, -0.2) is 101 Å². The number of halogens is 4. The summed E-state index contributed by atoms with van der Waals surface area (Å²) in [4.78, 5) is 4.89. The summed E-state index contributed by atoms with van der Waals surface area (Å²) < 4.78 is 74.2. The minimum atomic E-state index is -4.40. The Labute approximate surface area is 300 Å². The molecular weight excluding hydrogens is 685 g/mol. The molecule has 0 radical (unpaired) electrons. The van der Waals surface area contributed by atoms with E-state index in [2.05, 4.69) is 27.4 Å². The van der Waals surface area contributed by atoms with Crippen molar-refractivity contribution in [3.8, 4) is 17.6 Å². The van der Waals surface area contributed by atoms with Gasteiger partial charge in [0.05, 0.1) is 59.4 Å². The molecule has 3 aromatic rings. The van der Waals surface area contributed by atoms with E-state index >= 15 is 4.39 Å². The molecule has 0 amide bonds. The summed E-state index contributed by atoms with van der Waals surface area (Å²) in [6.07, 6.45) is 1.11. The van der Waals surface area contributed by atoms with Crippen LogP contribution in [0.15, 0.2) is 30.3 Å². The van der Waals surface area contributed by atoms with E-state index in [0.29, 0.717) is 65.1 Å². The minimum absolute atomic E-state index is 0.0181. The number of hydrogen-bond acceptors (Lipinski definition) is 9. The molecule has 1 aromatic heterocycles. The first-order valence-corrected chi connectivity index (χ1v) is 18.8. The summed E-state index contributed by atoms with van der Waals surface area (Å²) in [5.74, 6) is 5.86. The minimum Gasteiger partial charge on any atom is -0.489 e. The van der Waals surface area contributed by atoms with E-state index < -0.39 is 18.4 Å². The van der Waals surface area contributed by atoms with E-state index in [-0.39, 0.29) is 31.4 Å². The van der Waals surface area contributed by atoms with E-state index in [9.17, 15) is 18.3 Å². The maximum atomic E-state index is 15.2. The van der Waals surface area contributed by atoms with Crippen molar-refractivity contribution in [1.29, 1.82) is 0 Å². The SMILES string of the molecule is OCCOc1cc(N2CCOCC2)c(F)cc1NCC#Cc1sc2c(NC3CCC(N4CC5(CCOCC5)C4)CC3)cccc2c1CC(F)(F)F. The highest BCUT2D eigenvalue weighted by Gasteiger charge is 2.46. The number of benzene rings is 2. The Morgan fingerprint density at radius 1 is 1.00 bits per heavy atom. The van der Waals surface area contributed by atoms with E-state index in [4.69, 9.17) is 14.2 Å². The first kappa shape index (κ1) is 36.1. The summed E-state index contributed by atoms with van der Waals surface area (Å²) >= 11 is 1.28. The number of likely N-dealkylation sites (tertiary alicyclic amines) is 1. The van der Waals surface area contributed by atoms with Crippen LogP contribution >= 0.6 is 11.3 Å². The average molecular weight is 731 g/mol. The van der Waals surface area contributed by atoms with E-state index in [1.165, 1.54) is 30.5 Å². The molecule has 1 aliphatic carbocycles. The summed E-state index contributed by atoms with van der Waals surface area (Å²) in [6.45, 7) is 6.01. The lowest BCUT2D eigenvalue weighted by Gasteiger charge is -2.56. The Morgan fingerprint density at radius 2 is 1.75 bits per heavy atom. The molecule has 13 heteroatoms. The number of alkyl halides is 3. The number of hydrogen-bond donors (Lipinski definition) is 3. The van der Waals surface area contributed by atoms with Crippen molar-refractivity contribution in [2.45, 2.75) is 63.2 Å². The van der Waals surface area contributed by atoms with E-state index in [1.54, 1.807) is 12.1 Å². The third-order valence-electron chi connectivity index (χ3n) is 10.7. The topological polar surface area (TPSA) is 78.5 Å². The summed E-state index contributed by atoms with van der Waals surface area (Å²) in [5.41, 5.74) is 2.20. The number of anilines is 3. The van der Waals surface area contributed by atoms with E-state index in [0.717, 1.165) is 62.1 Å². The Balaban J connectivity index is 1.04. The van der Waals surface area contributed by atoms with Crippen molar-refractivity contribution >= 4 is 38.5 Å². The zero-order valence-electron chi connectivity index (χ0n) is 28.8. The Hall–Kier alpha value is -3.28. The monoisotopic (exact) mass is 730 g/mol. The Bertz CT molecular complexity index is 1710. The van der Waals surface area contributed by atoms with Crippen molar-refractivity contribution in [2.24, 2.45) is 5.41 Å². The van der Waals surface area contributed by atoms with Gasteiger partial charge in [0.1, 0.15) is 18.2 Å². The van der Waals surface area contributed by atoms with Crippen LogP contribution in [0.1, 0.15) is 49.0 Å². The molecule has 8 nitrogen and oxygen atoms in total. The molecule has 1 saturated carbocycles.